The lowest BCUT2D eigenvalue weighted by Gasteiger charge is -2.09. The predicted octanol–water partition coefficient (Wildman–Crippen LogP) is 1.72. The second kappa shape index (κ2) is 5.18. The molecule has 0 aliphatic heterocycles. The molecule has 18 heavy (non-hydrogen) atoms. The van der Waals surface area contributed by atoms with Crippen LogP contribution in [-0.4, -0.2) is 22.4 Å². The van der Waals surface area contributed by atoms with Crippen LogP contribution in [0.2, 0.25) is 0 Å². The molecule has 0 spiro atoms. The number of aromatic nitrogens is 2. The van der Waals surface area contributed by atoms with Crippen molar-refractivity contribution in [3.8, 4) is 0 Å². The Morgan fingerprint density at radius 3 is 3.00 bits per heavy atom. The first-order valence-electron chi connectivity index (χ1n) is 6.15. The van der Waals surface area contributed by atoms with Gasteiger partial charge >= 0.3 is 0 Å². The highest BCUT2D eigenvalue weighted by Gasteiger charge is 2.14. The minimum absolute atomic E-state index is 0.123. The number of carbonyl (C=O) groups is 1. The topological polar surface area (TPSA) is 83.8 Å². The van der Waals surface area contributed by atoms with Gasteiger partial charge in [-0.15, -0.1) is 0 Å². The number of nitrogens with zero attached hydrogens (tertiary/aromatic N) is 1. The van der Waals surface area contributed by atoms with Gasteiger partial charge in [0.1, 0.15) is 11.3 Å². The third-order valence-electron chi connectivity index (χ3n) is 2.91. The summed E-state index contributed by atoms with van der Waals surface area (Å²) in [5.74, 6) is 0.375. The van der Waals surface area contributed by atoms with E-state index in [2.05, 4.69) is 22.2 Å². The van der Waals surface area contributed by atoms with E-state index >= 15 is 0 Å². The number of amides is 1. The molecular weight excluding hydrogens is 228 g/mol. The highest BCUT2D eigenvalue weighted by molar-refractivity contribution is 6.04. The lowest BCUT2D eigenvalue weighted by atomic mass is 10.2. The Morgan fingerprint density at radius 1 is 1.56 bits per heavy atom. The normalized spacial score (nSPS) is 12.8. The molecule has 5 heteroatoms. The first kappa shape index (κ1) is 12.6. The van der Waals surface area contributed by atoms with Crippen molar-refractivity contribution in [3.05, 3.63) is 29.6 Å². The van der Waals surface area contributed by atoms with E-state index in [-0.39, 0.29) is 6.04 Å². The van der Waals surface area contributed by atoms with Crippen LogP contribution in [0.1, 0.15) is 42.5 Å². The van der Waals surface area contributed by atoms with E-state index in [1.54, 1.807) is 12.1 Å². The summed E-state index contributed by atoms with van der Waals surface area (Å²) < 4.78 is 0. The largest absolute Gasteiger partial charge is 0.366 e. The highest BCUT2D eigenvalue weighted by atomic mass is 16.1. The van der Waals surface area contributed by atoms with Gasteiger partial charge in [0.2, 0.25) is 0 Å². The Labute approximate surface area is 106 Å². The summed E-state index contributed by atoms with van der Waals surface area (Å²) in [5, 5.41) is 3.35. The summed E-state index contributed by atoms with van der Waals surface area (Å²) >= 11 is 0. The van der Waals surface area contributed by atoms with Crippen molar-refractivity contribution in [2.75, 3.05) is 6.54 Å². The fourth-order valence-electron chi connectivity index (χ4n) is 1.91. The van der Waals surface area contributed by atoms with Crippen LogP contribution < -0.4 is 11.1 Å². The van der Waals surface area contributed by atoms with Gasteiger partial charge in [0.15, 0.2) is 0 Å². The number of fused-ring (bicyclic) bond motifs is 1. The van der Waals surface area contributed by atoms with Crippen LogP contribution in [0.4, 0.5) is 0 Å². The molecular formula is C13H18N4O. The summed E-state index contributed by atoms with van der Waals surface area (Å²) in [6, 6.07) is 5.51. The Kier molecular flexibility index (Phi) is 3.62. The second-order valence-corrected chi connectivity index (χ2v) is 4.36. The van der Waals surface area contributed by atoms with Gasteiger partial charge in [0.25, 0.3) is 5.91 Å². The maximum atomic E-state index is 11.3. The molecule has 4 N–H and O–H groups in total. The molecule has 1 amide bonds. The van der Waals surface area contributed by atoms with Gasteiger partial charge in [0, 0.05) is 0 Å². The Balaban J connectivity index is 2.38. The quantitative estimate of drug-likeness (QED) is 0.751. The number of H-pyrrole nitrogens is 1. The van der Waals surface area contributed by atoms with E-state index in [0.29, 0.717) is 11.1 Å². The van der Waals surface area contributed by atoms with Crippen LogP contribution in [-0.2, 0) is 0 Å². The maximum absolute atomic E-state index is 11.3. The Morgan fingerprint density at radius 2 is 2.33 bits per heavy atom. The molecule has 0 bridgehead atoms. The number of benzene rings is 1. The molecule has 1 unspecified atom stereocenters. The first-order valence-corrected chi connectivity index (χ1v) is 6.15. The van der Waals surface area contributed by atoms with Gasteiger partial charge in [0.05, 0.1) is 17.1 Å². The van der Waals surface area contributed by atoms with Gasteiger partial charge < -0.3 is 16.0 Å². The predicted molar refractivity (Wildman–Crippen MR) is 71.3 cm³/mol. The number of hydrogen-bond acceptors (Lipinski definition) is 3. The molecule has 96 valence electrons. The van der Waals surface area contributed by atoms with Crippen molar-refractivity contribution in [2.45, 2.75) is 26.3 Å². The zero-order valence-corrected chi connectivity index (χ0v) is 10.7. The lowest BCUT2D eigenvalue weighted by Crippen LogP contribution is -2.20. The average molecular weight is 246 g/mol. The van der Waals surface area contributed by atoms with E-state index in [9.17, 15) is 4.79 Å². The number of imidazole rings is 1. The van der Waals surface area contributed by atoms with E-state index in [0.717, 1.165) is 24.3 Å². The first-order chi connectivity index (χ1) is 8.63. The highest BCUT2D eigenvalue weighted by Crippen LogP contribution is 2.19. The van der Waals surface area contributed by atoms with Crippen LogP contribution in [0.3, 0.4) is 0 Å². The fourth-order valence-corrected chi connectivity index (χ4v) is 1.91. The molecule has 1 aromatic heterocycles. The number of para-hydroxylation sites is 1. The van der Waals surface area contributed by atoms with Crippen molar-refractivity contribution in [3.63, 3.8) is 0 Å². The molecule has 5 nitrogen and oxygen atoms in total. The molecule has 0 saturated carbocycles. The molecule has 0 saturated heterocycles. The number of nitrogens with two attached hydrogens (primary N) is 1. The van der Waals surface area contributed by atoms with Gasteiger partial charge in [-0.05, 0) is 32.0 Å². The number of nitrogens with one attached hydrogen (secondary N) is 2. The van der Waals surface area contributed by atoms with Gasteiger partial charge in [-0.1, -0.05) is 13.0 Å². The van der Waals surface area contributed by atoms with Crippen LogP contribution in [0, 0.1) is 0 Å². The molecule has 1 aromatic carbocycles. The summed E-state index contributed by atoms with van der Waals surface area (Å²) in [7, 11) is 0. The number of carbonyl (C=O) groups excluding carboxylic acids is 1. The molecule has 0 aliphatic rings. The Hall–Kier alpha value is -1.88. The fraction of sp³-hybridized carbons (Fsp3) is 0.385. The number of aromatic amines is 1. The van der Waals surface area contributed by atoms with Crippen molar-refractivity contribution in [1.82, 2.24) is 15.3 Å². The standard InChI is InChI=1S/C13H18N4O/c1-3-7-15-8(2)13-16-10-6-4-5-9(12(14)18)11(10)17-13/h4-6,8,15H,3,7H2,1-2H3,(H2,14,18)(H,16,17). The van der Waals surface area contributed by atoms with Crippen molar-refractivity contribution < 1.29 is 4.79 Å². The minimum atomic E-state index is -0.451. The van der Waals surface area contributed by atoms with Crippen molar-refractivity contribution in [2.24, 2.45) is 5.73 Å². The number of hydrogen-bond donors (Lipinski definition) is 3. The summed E-state index contributed by atoms with van der Waals surface area (Å²) in [4.78, 5) is 19.0. The van der Waals surface area contributed by atoms with Crippen molar-refractivity contribution in [1.29, 1.82) is 0 Å². The zero-order valence-electron chi connectivity index (χ0n) is 10.7. The zero-order chi connectivity index (χ0) is 13.1. The average Bonchev–Trinajstić information content (AvgIpc) is 2.79. The van der Waals surface area contributed by atoms with Gasteiger partial charge in [-0.3, -0.25) is 4.79 Å². The van der Waals surface area contributed by atoms with E-state index < -0.39 is 5.91 Å². The van der Waals surface area contributed by atoms with E-state index in [1.165, 1.54) is 0 Å². The molecule has 0 aliphatic carbocycles. The van der Waals surface area contributed by atoms with E-state index in [4.69, 9.17) is 5.73 Å². The van der Waals surface area contributed by atoms with Crippen LogP contribution >= 0.6 is 0 Å². The monoisotopic (exact) mass is 246 g/mol. The molecule has 2 rings (SSSR count). The summed E-state index contributed by atoms with van der Waals surface area (Å²) in [6.07, 6.45) is 1.07. The molecule has 2 aromatic rings. The SMILES string of the molecule is CCCNC(C)c1nc2c(C(N)=O)cccc2[nH]1. The number of rotatable bonds is 5. The number of primary amides is 1. The van der Waals surface area contributed by atoms with Gasteiger partial charge in [-0.2, -0.15) is 0 Å². The Bertz CT molecular complexity index is 561. The van der Waals surface area contributed by atoms with Crippen LogP contribution in [0.25, 0.3) is 11.0 Å². The van der Waals surface area contributed by atoms with Crippen molar-refractivity contribution >= 4 is 16.9 Å². The molecule has 1 heterocycles. The molecule has 1 atom stereocenters. The van der Waals surface area contributed by atoms with Gasteiger partial charge in [-0.25, -0.2) is 4.98 Å². The third-order valence-corrected chi connectivity index (χ3v) is 2.91. The smallest absolute Gasteiger partial charge is 0.250 e. The minimum Gasteiger partial charge on any atom is -0.366 e. The maximum Gasteiger partial charge on any atom is 0.250 e. The molecule has 0 radical (unpaired) electrons. The summed E-state index contributed by atoms with van der Waals surface area (Å²) in [6.45, 7) is 5.09. The summed E-state index contributed by atoms with van der Waals surface area (Å²) in [5.41, 5.74) is 7.28. The second-order valence-electron chi connectivity index (χ2n) is 4.36. The lowest BCUT2D eigenvalue weighted by molar-refractivity contribution is 0.100. The van der Waals surface area contributed by atoms with Crippen LogP contribution in [0.15, 0.2) is 18.2 Å². The van der Waals surface area contributed by atoms with Crippen LogP contribution in [0.5, 0.6) is 0 Å². The molecule has 0 fully saturated rings. The van der Waals surface area contributed by atoms with E-state index in [1.807, 2.05) is 13.0 Å². The third kappa shape index (κ3) is 2.36.